The Morgan fingerprint density at radius 1 is 1.39 bits per heavy atom. The topological polar surface area (TPSA) is 32.3 Å². The van der Waals surface area contributed by atoms with E-state index in [4.69, 9.17) is 0 Å². The summed E-state index contributed by atoms with van der Waals surface area (Å²) >= 11 is 0. The highest BCUT2D eigenvalue weighted by molar-refractivity contribution is 5.95. The van der Waals surface area contributed by atoms with E-state index in [2.05, 4.69) is 25.2 Å². The highest BCUT2D eigenvalue weighted by atomic mass is 16.2. The zero-order chi connectivity index (χ0) is 13.1. The van der Waals surface area contributed by atoms with Crippen LogP contribution >= 0.6 is 0 Å². The first-order valence-corrected chi connectivity index (χ1v) is 6.81. The van der Waals surface area contributed by atoms with Crippen molar-refractivity contribution in [2.24, 2.45) is 0 Å². The van der Waals surface area contributed by atoms with E-state index >= 15 is 0 Å². The molecular weight excluding hydrogens is 224 g/mol. The Morgan fingerprint density at radius 3 is 2.78 bits per heavy atom. The molecule has 0 unspecified atom stereocenters. The van der Waals surface area contributed by atoms with Crippen LogP contribution in [-0.4, -0.2) is 30.4 Å². The minimum absolute atomic E-state index is 0.125. The lowest BCUT2D eigenvalue weighted by atomic mass is 10.1. The van der Waals surface area contributed by atoms with E-state index in [-0.39, 0.29) is 5.91 Å². The molecule has 1 aromatic carbocycles. The van der Waals surface area contributed by atoms with Crippen molar-refractivity contribution in [3.8, 4) is 0 Å². The maximum absolute atomic E-state index is 12.4. The summed E-state index contributed by atoms with van der Waals surface area (Å²) in [6.45, 7) is 5.24. The predicted octanol–water partition coefficient (Wildman–Crippen LogP) is 2.92. The van der Waals surface area contributed by atoms with E-state index < -0.39 is 0 Å². The van der Waals surface area contributed by atoms with Crippen molar-refractivity contribution in [2.45, 2.75) is 39.2 Å². The molecule has 1 heterocycles. The second-order valence-electron chi connectivity index (χ2n) is 4.94. The summed E-state index contributed by atoms with van der Waals surface area (Å²) in [5, 5.41) is 3.32. The van der Waals surface area contributed by atoms with Crippen molar-refractivity contribution in [1.29, 1.82) is 0 Å². The summed E-state index contributed by atoms with van der Waals surface area (Å²) < 4.78 is 0. The monoisotopic (exact) mass is 246 g/mol. The molecule has 3 heteroatoms. The van der Waals surface area contributed by atoms with E-state index in [0.29, 0.717) is 6.04 Å². The van der Waals surface area contributed by atoms with Crippen LogP contribution in [0.25, 0.3) is 0 Å². The third kappa shape index (κ3) is 2.35. The standard InChI is InChI=1S/C15H22N2O/c1-4-13(5-2)17(3)15(18)12-7-6-11-8-9-16-14(11)10-12/h6-7,10,13,16H,4-5,8-9H2,1-3H3. The molecule has 0 bridgehead atoms. The molecule has 1 aromatic rings. The Balaban J connectivity index is 2.18. The lowest BCUT2D eigenvalue weighted by Gasteiger charge is -2.26. The van der Waals surface area contributed by atoms with Gasteiger partial charge in [0, 0.05) is 30.9 Å². The molecule has 1 aliphatic heterocycles. The van der Waals surface area contributed by atoms with Gasteiger partial charge in [-0.25, -0.2) is 0 Å². The van der Waals surface area contributed by atoms with Crippen molar-refractivity contribution in [3.05, 3.63) is 29.3 Å². The van der Waals surface area contributed by atoms with Crippen LogP contribution in [0.15, 0.2) is 18.2 Å². The van der Waals surface area contributed by atoms with Gasteiger partial charge in [-0.1, -0.05) is 19.9 Å². The zero-order valence-corrected chi connectivity index (χ0v) is 11.5. The average molecular weight is 246 g/mol. The lowest BCUT2D eigenvalue weighted by molar-refractivity contribution is 0.0724. The van der Waals surface area contributed by atoms with Crippen LogP contribution in [0, 0.1) is 0 Å². The van der Waals surface area contributed by atoms with Gasteiger partial charge in [-0.15, -0.1) is 0 Å². The van der Waals surface area contributed by atoms with Gasteiger partial charge in [0.15, 0.2) is 0 Å². The van der Waals surface area contributed by atoms with Gasteiger partial charge >= 0.3 is 0 Å². The number of hydrogen-bond donors (Lipinski definition) is 1. The molecular formula is C15H22N2O. The largest absolute Gasteiger partial charge is 0.384 e. The number of carbonyl (C=O) groups excluding carboxylic acids is 1. The normalized spacial score (nSPS) is 13.3. The van der Waals surface area contributed by atoms with Crippen molar-refractivity contribution < 1.29 is 4.79 Å². The molecule has 2 rings (SSSR count). The number of carbonyl (C=O) groups is 1. The molecule has 3 nitrogen and oxygen atoms in total. The van der Waals surface area contributed by atoms with Gasteiger partial charge in [0.25, 0.3) is 5.91 Å². The van der Waals surface area contributed by atoms with Gasteiger partial charge in [0.1, 0.15) is 0 Å². The summed E-state index contributed by atoms with van der Waals surface area (Å²) in [5.74, 6) is 0.125. The van der Waals surface area contributed by atoms with E-state index in [1.807, 2.05) is 24.1 Å². The number of anilines is 1. The van der Waals surface area contributed by atoms with Crippen LogP contribution in [0.5, 0.6) is 0 Å². The highest BCUT2D eigenvalue weighted by Crippen LogP contribution is 2.24. The van der Waals surface area contributed by atoms with Crippen LogP contribution in [0.2, 0.25) is 0 Å². The molecule has 0 radical (unpaired) electrons. The van der Waals surface area contributed by atoms with Crippen molar-refractivity contribution in [3.63, 3.8) is 0 Å². The third-order valence-corrected chi connectivity index (χ3v) is 3.88. The second-order valence-corrected chi connectivity index (χ2v) is 4.94. The fraction of sp³-hybridized carbons (Fsp3) is 0.533. The van der Waals surface area contributed by atoms with Gasteiger partial charge in [-0.3, -0.25) is 4.79 Å². The van der Waals surface area contributed by atoms with Gasteiger partial charge in [0.05, 0.1) is 0 Å². The fourth-order valence-electron chi connectivity index (χ4n) is 2.63. The molecule has 18 heavy (non-hydrogen) atoms. The highest BCUT2D eigenvalue weighted by Gasteiger charge is 2.20. The molecule has 0 spiro atoms. The van der Waals surface area contributed by atoms with E-state index in [0.717, 1.165) is 37.1 Å². The average Bonchev–Trinajstić information content (AvgIpc) is 2.86. The quantitative estimate of drug-likeness (QED) is 0.886. The Labute approximate surface area is 109 Å². The lowest BCUT2D eigenvalue weighted by Crippen LogP contribution is -2.36. The third-order valence-electron chi connectivity index (χ3n) is 3.88. The molecule has 0 saturated heterocycles. The summed E-state index contributed by atoms with van der Waals surface area (Å²) in [4.78, 5) is 14.3. The molecule has 1 N–H and O–H groups in total. The molecule has 0 saturated carbocycles. The Hall–Kier alpha value is -1.51. The first-order chi connectivity index (χ1) is 8.67. The molecule has 1 aliphatic rings. The van der Waals surface area contributed by atoms with Crippen LogP contribution in [0.1, 0.15) is 42.6 Å². The first kappa shape index (κ1) is 12.9. The van der Waals surface area contributed by atoms with E-state index in [1.54, 1.807) is 0 Å². The van der Waals surface area contributed by atoms with Gasteiger partial charge in [0.2, 0.25) is 0 Å². The maximum Gasteiger partial charge on any atom is 0.253 e. The zero-order valence-electron chi connectivity index (χ0n) is 11.5. The molecule has 0 aromatic heterocycles. The smallest absolute Gasteiger partial charge is 0.253 e. The molecule has 0 atom stereocenters. The molecule has 0 aliphatic carbocycles. The SMILES string of the molecule is CCC(CC)N(C)C(=O)c1ccc2c(c1)NCC2. The van der Waals surface area contributed by atoms with Gasteiger partial charge in [-0.2, -0.15) is 0 Å². The number of benzene rings is 1. The fourth-order valence-corrected chi connectivity index (χ4v) is 2.63. The van der Waals surface area contributed by atoms with Crippen LogP contribution in [0.4, 0.5) is 5.69 Å². The summed E-state index contributed by atoms with van der Waals surface area (Å²) in [7, 11) is 1.90. The molecule has 0 fully saturated rings. The van der Waals surface area contributed by atoms with E-state index in [1.165, 1.54) is 5.56 Å². The number of amides is 1. The number of nitrogens with one attached hydrogen (secondary N) is 1. The predicted molar refractivity (Wildman–Crippen MR) is 75.1 cm³/mol. The second kappa shape index (κ2) is 5.42. The number of fused-ring (bicyclic) bond motifs is 1. The Morgan fingerprint density at radius 2 is 2.11 bits per heavy atom. The number of hydrogen-bond acceptors (Lipinski definition) is 2. The van der Waals surface area contributed by atoms with Gasteiger partial charge in [-0.05, 0) is 37.0 Å². The number of rotatable bonds is 4. The Bertz CT molecular complexity index is 438. The van der Waals surface area contributed by atoms with Crippen LogP contribution in [-0.2, 0) is 6.42 Å². The van der Waals surface area contributed by atoms with Crippen LogP contribution < -0.4 is 5.32 Å². The molecule has 1 amide bonds. The molecule has 98 valence electrons. The summed E-state index contributed by atoms with van der Waals surface area (Å²) in [5.41, 5.74) is 3.23. The van der Waals surface area contributed by atoms with E-state index in [9.17, 15) is 4.79 Å². The minimum atomic E-state index is 0.125. The Kier molecular flexibility index (Phi) is 3.90. The van der Waals surface area contributed by atoms with Crippen molar-refractivity contribution >= 4 is 11.6 Å². The van der Waals surface area contributed by atoms with Gasteiger partial charge < -0.3 is 10.2 Å². The minimum Gasteiger partial charge on any atom is -0.384 e. The summed E-state index contributed by atoms with van der Waals surface area (Å²) in [6, 6.07) is 6.35. The van der Waals surface area contributed by atoms with Crippen molar-refractivity contribution in [1.82, 2.24) is 4.90 Å². The van der Waals surface area contributed by atoms with Crippen LogP contribution in [0.3, 0.4) is 0 Å². The maximum atomic E-state index is 12.4. The first-order valence-electron chi connectivity index (χ1n) is 6.81. The van der Waals surface area contributed by atoms with Crippen molar-refractivity contribution in [2.75, 3.05) is 18.9 Å². The summed E-state index contributed by atoms with van der Waals surface area (Å²) in [6.07, 6.45) is 3.07. The number of nitrogens with zero attached hydrogens (tertiary/aromatic N) is 1.